The first-order chi connectivity index (χ1) is 16.5. The van der Waals surface area contributed by atoms with E-state index in [1.54, 1.807) is 0 Å². The first-order valence-electron chi connectivity index (χ1n) is 10.9. The zero-order valence-corrected chi connectivity index (χ0v) is 20.2. The number of ether oxygens (including phenoxy) is 6. The number of carbonyl (C=O) groups is 5. The molecule has 1 heterocycles. The van der Waals surface area contributed by atoms with E-state index in [0.29, 0.717) is 6.54 Å². The minimum atomic E-state index is -1.20. The third-order valence-corrected chi connectivity index (χ3v) is 4.37. The van der Waals surface area contributed by atoms with Crippen molar-refractivity contribution in [1.82, 2.24) is 16.2 Å². The summed E-state index contributed by atoms with van der Waals surface area (Å²) in [4.78, 5) is 57.7. The molecule has 15 nitrogen and oxygen atoms in total. The third-order valence-electron chi connectivity index (χ3n) is 4.37. The van der Waals surface area contributed by atoms with E-state index < -0.39 is 54.5 Å². The molecule has 1 rings (SSSR count). The molecule has 1 saturated heterocycles. The standard InChI is InChI=1S/C20H34N4O11/c1-11(25)23-17-19(34-14(4)28)18(33-13(3)27)15(10-32-12(2)26)35-20(17)31-8-7-30-6-5-22-24-16(29)9-21/h15,17-20,22H,5-10,21H2,1-4H3,(H,23,25)(H,24,29). The van der Waals surface area contributed by atoms with E-state index in [2.05, 4.69) is 16.2 Å². The lowest BCUT2D eigenvalue weighted by molar-refractivity contribution is -0.279. The lowest BCUT2D eigenvalue weighted by Gasteiger charge is -2.44. The number of rotatable bonds is 14. The molecular formula is C20H34N4O11. The fraction of sp³-hybridized carbons (Fsp3) is 0.750. The summed E-state index contributed by atoms with van der Waals surface area (Å²) in [5.41, 5.74) is 10.2. The van der Waals surface area contributed by atoms with Gasteiger partial charge in [0.05, 0.1) is 26.4 Å². The Hall–Kier alpha value is -2.85. The molecule has 0 saturated carbocycles. The summed E-state index contributed by atoms with van der Waals surface area (Å²) in [5, 5.41) is 2.59. The van der Waals surface area contributed by atoms with Gasteiger partial charge >= 0.3 is 17.9 Å². The van der Waals surface area contributed by atoms with Crippen molar-refractivity contribution in [2.45, 2.75) is 58.3 Å². The maximum atomic E-state index is 11.9. The predicted molar refractivity (Wildman–Crippen MR) is 116 cm³/mol. The summed E-state index contributed by atoms with van der Waals surface area (Å²) in [6.07, 6.45) is -4.62. The van der Waals surface area contributed by atoms with Crippen LogP contribution in [0.3, 0.4) is 0 Å². The smallest absolute Gasteiger partial charge is 0.303 e. The van der Waals surface area contributed by atoms with Crippen LogP contribution in [0.25, 0.3) is 0 Å². The van der Waals surface area contributed by atoms with Crippen LogP contribution in [0.15, 0.2) is 0 Å². The number of hydrogen-bond acceptors (Lipinski definition) is 13. The minimum Gasteiger partial charge on any atom is -0.463 e. The summed E-state index contributed by atoms with van der Waals surface area (Å²) < 4.78 is 32.6. The summed E-state index contributed by atoms with van der Waals surface area (Å²) in [5.74, 6) is -2.86. The van der Waals surface area contributed by atoms with Crippen molar-refractivity contribution in [2.75, 3.05) is 39.5 Å². The molecule has 1 fully saturated rings. The highest BCUT2D eigenvalue weighted by Gasteiger charge is 2.51. The third kappa shape index (κ3) is 11.9. The van der Waals surface area contributed by atoms with Gasteiger partial charge in [-0.25, -0.2) is 5.43 Å². The van der Waals surface area contributed by atoms with Crippen LogP contribution in [0.2, 0.25) is 0 Å². The Morgan fingerprint density at radius 1 is 0.886 bits per heavy atom. The molecule has 5 unspecified atom stereocenters. The average Bonchev–Trinajstić information content (AvgIpc) is 2.76. The van der Waals surface area contributed by atoms with Crippen LogP contribution in [0.4, 0.5) is 0 Å². The first-order valence-corrected chi connectivity index (χ1v) is 10.9. The Kier molecular flexibility index (Phi) is 13.7. The highest BCUT2D eigenvalue weighted by atomic mass is 16.7. The maximum Gasteiger partial charge on any atom is 0.303 e. The van der Waals surface area contributed by atoms with Crippen molar-refractivity contribution >= 4 is 29.7 Å². The second kappa shape index (κ2) is 15.9. The molecule has 5 atom stereocenters. The molecule has 0 bridgehead atoms. The number of amides is 2. The van der Waals surface area contributed by atoms with E-state index in [9.17, 15) is 24.0 Å². The van der Waals surface area contributed by atoms with Crippen LogP contribution >= 0.6 is 0 Å². The van der Waals surface area contributed by atoms with Gasteiger partial charge in [-0.15, -0.1) is 0 Å². The SMILES string of the molecule is CC(=O)NC1C(OCCOCCNNC(=O)CN)OC(COC(C)=O)C(OC(C)=O)C1OC(C)=O. The van der Waals surface area contributed by atoms with E-state index >= 15 is 0 Å². The second-order valence-electron chi connectivity index (χ2n) is 7.38. The second-order valence-corrected chi connectivity index (χ2v) is 7.38. The Morgan fingerprint density at radius 2 is 1.54 bits per heavy atom. The van der Waals surface area contributed by atoms with E-state index in [1.807, 2.05) is 0 Å². The fourth-order valence-corrected chi connectivity index (χ4v) is 3.09. The zero-order valence-electron chi connectivity index (χ0n) is 20.2. The van der Waals surface area contributed by atoms with Crippen molar-refractivity contribution in [3.63, 3.8) is 0 Å². The van der Waals surface area contributed by atoms with Gasteiger partial charge in [-0.3, -0.25) is 29.4 Å². The zero-order chi connectivity index (χ0) is 26.4. The van der Waals surface area contributed by atoms with Crippen molar-refractivity contribution in [2.24, 2.45) is 5.73 Å². The van der Waals surface area contributed by atoms with Gasteiger partial charge in [-0.05, 0) is 0 Å². The summed E-state index contributed by atoms with van der Waals surface area (Å²) in [6, 6.07) is -1.05. The maximum absolute atomic E-state index is 11.9. The number of esters is 3. The van der Waals surface area contributed by atoms with Crippen LogP contribution in [0, 0.1) is 0 Å². The van der Waals surface area contributed by atoms with Gasteiger partial charge < -0.3 is 39.5 Å². The molecule has 35 heavy (non-hydrogen) atoms. The van der Waals surface area contributed by atoms with E-state index in [1.165, 1.54) is 13.8 Å². The lowest BCUT2D eigenvalue weighted by Crippen LogP contribution is -2.66. The van der Waals surface area contributed by atoms with Gasteiger partial charge in [-0.2, -0.15) is 0 Å². The topological polar surface area (TPSA) is 203 Å². The largest absolute Gasteiger partial charge is 0.463 e. The number of hydrazine groups is 1. The normalized spacial score (nSPS) is 23.6. The highest BCUT2D eigenvalue weighted by molar-refractivity contribution is 5.77. The molecule has 0 aliphatic carbocycles. The van der Waals surface area contributed by atoms with Gasteiger partial charge in [0.15, 0.2) is 18.5 Å². The lowest BCUT2D eigenvalue weighted by atomic mass is 9.96. The van der Waals surface area contributed by atoms with Crippen molar-refractivity contribution in [3.8, 4) is 0 Å². The molecule has 1 aliphatic rings. The van der Waals surface area contributed by atoms with Crippen LogP contribution in [0.5, 0.6) is 0 Å². The molecule has 200 valence electrons. The summed E-state index contributed by atoms with van der Waals surface area (Å²) in [7, 11) is 0. The minimum absolute atomic E-state index is 0.00121. The van der Waals surface area contributed by atoms with Crippen LogP contribution in [0.1, 0.15) is 27.7 Å². The fourth-order valence-electron chi connectivity index (χ4n) is 3.09. The predicted octanol–water partition coefficient (Wildman–Crippen LogP) is -2.74. The first kappa shape index (κ1) is 30.2. The van der Waals surface area contributed by atoms with Crippen molar-refractivity contribution in [3.05, 3.63) is 0 Å². The molecular weight excluding hydrogens is 472 g/mol. The molecule has 1 aliphatic heterocycles. The monoisotopic (exact) mass is 506 g/mol. The van der Waals surface area contributed by atoms with E-state index in [-0.39, 0.29) is 38.9 Å². The average molecular weight is 507 g/mol. The molecule has 0 aromatic carbocycles. The van der Waals surface area contributed by atoms with E-state index in [4.69, 9.17) is 34.2 Å². The Balaban J connectivity index is 2.87. The van der Waals surface area contributed by atoms with Gasteiger partial charge in [-0.1, -0.05) is 0 Å². The highest BCUT2D eigenvalue weighted by Crippen LogP contribution is 2.28. The van der Waals surface area contributed by atoms with Crippen LogP contribution < -0.4 is 21.9 Å². The molecule has 0 aromatic heterocycles. The quantitative estimate of drug-likeness (QED) is 0.0818. The molecule has 15 heteroatoms. The van der Waals surface area contributed by atoms with Gasteiger partial charge in [0, 0.05) is 34.2 Å². The van der Waals surface area contributed by atoms with E-state index in [0.717, 1.165) is 13.8 Å². The van der Waals surface area contributed by atoms with Gasteiger partial charge in [0.25, 0.3) is 0 Å². The number of nitrogens with one attached hydrogen (secondary N) is 3. The summed E-state index contributed by atoms with van der Waals surface area (Å²) >= 11 is 0. The molecule has 2 amide bonds. The molecule has 0 spiro atoms. The Bertz CT molecular complexity index is 736. The van der Waals surface area contributed by atoms with Crippen molar-refractivity contribution in [1.29, 1.82) is 0 Å². The Morgan fingerprint density at radius 3 is 2.11 bits per heavy atom. The van der Waals surface area contributed by atoms with Crippen LogP contribution in [-0.2, 0) is 52.4 Å². The van der Waals surface area contributed by atoms with Gasteiger partial charge in [0.1, 0.15) is 18.8 Å². The molecule has 0 aromatic rings. The number of carbonyl (C=O) groups excluding carboxylic acids is 5. The van der Waals surface area contributed by atoms with Gasteiger partial charge in [0.2, 0.25) is 11.8 Å². The number of nitrogens with two attached hydrogens (primary N) is 1. The number of hydrogen-bond donors (Lipinski definition) is 4. The van der Waals surface area contributed by atoms with Crippen molar-refractivity contribution < 1.29 is 52.4 Å². The summed E-state index contributed by atoms with van der Waals surface area (Å²) in [6.45, 7) is 4.91. The van der Waals surface area contributed by atoms with Crippen LogP contribution in [-0.4, -0.2) is 99.9 Å². The molecule has 0 radical (unpaired) electrons. The molecule has 5 N–H and O–H groups in total. The Labute approximate surface area is 202 Å².